The first kappa shape index (κ1) is 19.9. The fraction of sp³-hybridized carbons (Fsp3) is 0.278. The topological polar surface area (TPSA) is 82.1 Å². The molecule has 0 aromatic heterocycles. The fourth-order valence-corrected chi connectivity index (χ4v) is 3.43. The van der Waals surface area contributed by atoms with Crippen LogP contribution in [-0.2, 0) is 26.2 Å². The van der Waals surface area contributed by atoms with Crippen LogP contribution in [0.15, 0.2) is 47.4 Å². The minimum absolute atomic E-state index is 0.0899. The van der Waals surface area contributed by atoms with Crippen molar-refractivity contribution < 1.29 is 27.5 Å². The summed E-state index contributed by atoms with van der Waals surface area (Å²) in [6.45, 7) is 2.03. The molecule has 0 fully saturated rings. The highest BCUT2D eigenvalue weighted by Crippen LogP contribution is 2.27. The molecule has 26 heavy (non-hydrogen) atoms. The van der Waals surface area contributed by atoms with E-state index in [0.717, 1.165) is 11.1 Å². The number of methoxy groups -OCH3 is 1. The molecule has 0 saturated carbocycles. The Hall–Kier alpha value is -2.42. The average Bonchev–Trinajstić information content (AvgIpc) is 2.64. The third kappa shape index (κ3) is 4.40. The Bertz CT molecular complexity index is 894. The number of hydrogen-bond donors (Lipinski definition) is 0. The number of ether oxygens (including phenoxy) is 2. The standard InChI is InChI=1S/C18H21NO6S/c1-13-6-5-7-14(10-13)12-25-18(20)15-8-9-16(23-3)17(11-15)26(21,22)19(2)24-4/h5-11H,12H2,1-4H3. The molecule has 0 atom stereocenters. The van der Waals surface area contributed by atoms with Crippen LogP contribution in [0.25, 0.3) is 0 Å². The van der Waals surface area contributed by atoms with E-state index in [1.54, 1.807) is 0 Å². The number of carbonyl (C=O) groups excluding carboxylic acids is 1. The highest BCUT2D eigenvalue weighted by Gasteiger charge is 2.26. The molecule has 0 bridgehead atoms. The van der Waals surface area contributed by atoms with Crippen molar-refractivity contribution in [1.29, 1.82) is 0 Å². The van der Waals surface area contributed by atoms with E-state index < -0.39 is 16.0 Å². The lowest BCUT2D eigenvalue weighted by molar-refractivity contribution is -0.0259. The third-order valence-corrected chi connectivity index (χ3v) is 5.43. The van der Waals surface area contributed by atoms with Crippen molar-refractivity contribution in [2.75, 3.05) is 21.3 Å². The van der Waals surface area contributed by atoms with E-state index in [9.17, 15) is 13.2 Å². The summed E-state index contributed by atoms with van der Waals surface area (Å²) >= 11 is 0. The molecular formula is C18H21NO6S. The van der Waals surface area contributed by atoms with Crippen molar-refractivity contribution in [3.8, 4) is 5.75 Å². The Morgan fingerprint density at radius 2 is 1.85 bits per heavy atom. The quantitative estimate of drug-likeness (QED) is 0.543. The van der Waals surface area contributed by atoms with E-state index in [2.05, 4.69) is 0 Å². The molecule has 2 aromatic carbocycles. The maximum Gasteiger partial charge on any atom is 0.338 e. The highest BCUT2D eigenvalue weighted by molar-refractivity contribution is 7.89. The van der Waals surface area contributed by atoms with Crippen LogP contribution >= 0.6 is 0 Å². The highest BCUT2D eigenvalue weighted by atomic mass is 32.2. The summed E-state index contributed by atoms with van der Waals surface area (Å²) in [5.74, 6) is -0.533. The normalized spacial score (nSPS) is 11.4. The molecule has 0 amide bonds. The van der Waals surface area contributed by atoms with Crippen LogP contribution < -0.4 is 4.74 Å². The molecule has 2 rings (SSSR count). The maximum absolute atomic E-state index is 12.5. The van der Waals surface area contributed by atoms with E-state index in [4.69, 9.17) is 14.3 Å². The molecule has 8 heteroatoms. The predicted molar refractivity (Wildman–Crippen MR) is 95.3 cm³/mol. The van der Waals surface area contributed by atoms with Gasteiger partial charge in [-0.15, -0.1) is 0 Å². The van der Waals surface area contributed by atoms with E-state index in [1.165, 1.54) is 39.5 Å². The van der Waals surface area contributed by atoms with Crippen molar-refractivity contribution in [2.45, 2.75) is 18.4 Å². The number of esters is 1. The molecule has 2 aromatic rings. The van der Waals surface area contributed by atoms with Crippen LogP contribution in [0.5, 0.6) is 5.75 Å². The number of hydroxylamine groups is 1. The second-order valence-corrected chi connectivity index (χ2v) is 7.43. The van der Waals surface area contributed by atoms with Crippen LogP contribution in [0.1, 0.15) is 21.5 Å². The van der Waals surface area contributed by atoms with Gasteiger partial charge in [0, 0.05) is 7.05 Å². The summed E-state index contributed by atoms with van der Waals surface area (Å²) in [7, 11) is -0.164. The minimum Gasteiger partial charge on any atom is -0.495 e. The van der Waals surface area contributed by atoms with E-state index in [1.807, 2.05) is 31.2 Å². The Morgan fingerprint density at radius 1 is 1.12 bits per heavy atom. The molecule has 7 nitrogen and oxygen atoms in total. The molecule has 0 radical (unpaired) electrons. The lowest BCUT2D eigenvalue weighted by atomic mass is 10.1. The molecular weight excluding hydrogens is 358 g/mol. The van der Waals surface area contributed by atoms with Gasteiger partial charge >= 0.3 is 5.97 Å². The summed E-state index contributed by atoms with van der Waals surface area (Å²) in [6.07, 6.45) is 0. The smallest absolute Gasteiger partial charge is 0.338 e. The van der Waals surface area contributed by atoms with Gasteiger partial charge < -0.3 is 9.47 Å². The molecule has 0 heterocycles. The lowest BCUT2D eigenvalue weighted by Gasteiger charge is -2.17. The summed E-state index contributed by atoms with van der Waals surface area (Å²) in [6, 6.07) is 11.6. The SMILES string of the molecule is COc1ccc(C(=O)OCc2cccc(C)c2)cc1S(=O)(=O)N(C)OC. The van der Waals surface area contributed by atoms with Crippen molar-refractivity contribution in [2.24, 2.45) is 0 Å². The van der Waals surface area contributed by atoms with Gasteiger partial charge in [0.25, 0.3) is 10.0 Å². The predicted octanol–water partition coefficient (Wildman–Crippen LogP) is 2.54. The molecule has 0 saturated heterocycles. The summed E-state index contributed by atoms with van der Waals surface area (Å²) in [5.41, 5.74) is 2.00. The molecule has 0 N–H and O–H groups in total. The number of sulfonamides is 1. The van der Waals surface area contributed by atoms with Gasteiger partial charge in [-0.1, -0.05) is 34.3 Å². The molecule has 0 aliphatic rings. The van der Waals surface area contributed by atoms with Gasteiger partial charge in [0.1, 0.15) is 17.3 Å². The van der Waals surface area contributed by atoms with Crippen LogP contribution in [0.3, 0.4) is 0 Å². The van der Waals surface area contributed by atoms with Crippen molar-refractivity contribution in [3.63, 3.8) is 0 Å². The summed E-state index contributed by atoms with van der Waals surface area (Å²) in [4.78, 5) is 16.9. The number of benzene rings is 2. The van der Waals surface area contributed by atoms with Crippen LogP contribution in [0, 0.1) is 6.92 Å². The number of hydrogen-bond acceptors (Lipinski definition) is 6. The van der Waals surface area contributed by atoms with Crippen LogP contribution in [0.4, 0.5) is 0 Å². The average molecular weight is 379 g/mol. The van der Waals surface area contributed by atoms with E-state index >= 15 is 0 Å². The summed E-state index contributed by atoms with van der Waals surface area (Å²) in [5, 5.41) is 0. The van der Waals surface area contributed by atoms with Crippen LogP contribution in [-0.4, -0.2) is 40.1 Å². The molecule has 0 unspecified atom stereocenters. The second-order valence-electron chi connectivity index (χ2n) is 5.53. The van der Waals surface area contributed by atoms with Gasteiger partial charge in [-0.25, -0.2) is 13.2 Å². The first-order valence-corrected chi connectivity index (χ1v) is 9.17. The van der Waals surface area contributed by atoms with Gasteiger partial charge in [0.05, 0.1) is 19.8 Å². The largest absolute Gasteiger partial charge is 0.495 e. The van der Waals surface area contributed by atoms with E-state index in [-0.39, 0.29) is 22.8 Å². The number of rotatable bonds is 7. The molecule has 140 valence electrons. The molecule has 0 aliphatic heterocycles. The van der Waals surface area contributed by atoms with Gasteiger partial charge in [0.15, 0.2) is 0 Å². The Balaban J connectivity index is 2.27. The number of nitrogens with zero attached hydrogens (tertiary/aromatic N) is 1. The fourth-order valence-electron chi connectivity index (χ4n) is 2.28. The molecule has 0 spiro atoms. The Labute approximate surface area is 153 Å². The first-order valence-electron chi connectivity index (χ1n) is 7.73. The van der Waals surface area contributed by atoms with Gasteiger partial charge in [-0.05, 0) is 30.7 Å². The second kappa shape index (κ2) is 8.31. The molecule has 0 aliphatic carbocycles. The minimum atomic E-state index is -3.98. The number of aryl methyl sites for hydroxylation is 1. The zero-order chi connectivity index (χ0) is 19.3. The summed E-state index contributed by atoms with van der Waals surface area (Å²) < 4.78 is 36.1. The first-order chi connectivity index (χ1) is 12.3. The van der Waals surface area contributed by atoms with Gasteiger partial charge in [-0.3, -0.25) is 4.84 Å². The van der Waals surface area contributed by atoms with Gasteiger partial charge in [-0.2, -0.15) is 0 Å². The Morgan fingerprint density at radius 3 is 2.46 bits per heavy atom. The maximum atomic E-state index is 12.5. The lowest BCUT2D eigenvalue weighted by Crippen LogP contribution is -2.26. The third-order valence-electron chi connectivity index (χ3n) is 3.73. The zero-order valence-electron chi connectivity index (χ0n) is 15.1. The van der Waals surface area contributed by atoms with Crippen LogP contribution in [0.2, 0.25) is 0 Å². The van der Waals surface area contributed by atoms with Gasteiger partial charge in [0.2, 0.25) is 0 Å². The Kier molecular flexibility index (Phi) is 6.36. The number of carbonyl (C=O) groups is 1. The van der Waals surface area contributed by atoms with E-state index in [0.29, 0.717) is 4.47 Å². The zero-order valence-corrected chi connectivity index (χ0v) is 15.9. The van der Waals surface area contributed by atoms with Crippen molar-refractivity contribution in [3.05, 3.63) is 59.2 Å². The van der Waals surface area contributed by atoms with Crippen molar-refractivity contribution in [1.82, 2.24) is 4.47 Å². The monoisotopic (exact) mass is 379 g/mol. The van der Waals surface area contributed by atoms with Crippen molar-refractivity contribution >= 4 is 16.0 Å².